The summed E-state index contributed by atoms with van der Waals surface area (Å²) < 4.78 is 46.4. The molecule has 0 atom stereocenters. The summed E-state index contributed by atoms with van der Waals surface area (Å²) in [5, 5.41) is 4.85. The predicted octanol–water partition coefficient (Wildman–Crippen LogP) is 5.49. The lowest BCUT2D eigenvalue weighted by Gasteiger charge is -2.14. The minimum atomic E-state index is -4.59. The molecular weight excluding hydrogens is 355 g/mol. The largest absolute Gasteiger partial charge is 0.439 e. The van der Waals surface area contributed by atoms with Crippen molar-refractivity contribution in [2.45, 2.75) is 32.4 Å². The van der Waals surface area contributed by atoms with Crippen LogP contribution in [0.3, 0.4) is 0 Å². The van der Waals surface area contributed by atoms with Crippen molar-refractivity contribution in [2.75, 3.05) is 0 Å². The summed E-state index contributed by atoms with van der Waals surface area (Å²) >= 11 is 5.82. The molecule has 0 radical (unpaired) electrons. The molecule has 0 bridgehead atoms. The fraction of sp³-hybridized carbons (Fsp3) is 0.294. The zero-order chi connectivity index (χ0) is 18.4. The van der Waals surface area contributed by atoms with E-state index in [9.17, 15) is 13.2 Å². The highest BCUT2D eigenvalue weighted by Gasteiger charge is 2.34. The normalized spacial score (nSPS) is 12.6. The van der Waals surface area contributed by atoms with Gasteiger partial charge in [0, 0.05) is 22.6 Å². The van der Waals surface area contributed by atoms with E-state index in [4.69, 9.17) is 16.3 Å². The lowest BCUT2D eigenvalue weighted by Crippen LogP contribution is -2.12. The lowest BCUT2D eigenvalue weighted by molar-refractivity contribution is -0.141. The van der Waals surface area contributed by atoms with Gasteiger partial charge in [0.15, 0.2) is 11.3 Å². The van der Waals surface area contributed by atoms with Gasteiger partial charge in [0.1, 0.15) is 5.75 Å². The molecule has 2 aromatic heterocycles. The number of alkyl halides is 3. The SMILES string of the molecule is CC(C)(C)c1cc2nc(C(F)(F)F)cc(Oc3ccc(Cl)cc3)n2n1. The summed E-state index contributed by atoms with van der Waals surface area (Å²) in [6.07, 6.45) is -4.59. The number of rotatable bonds is 2. The van der Waals surface area contributed by atoms with Crippen molar-refractivity contribution in [3.8, 4) is 11.6 Å². The number of benzene rings is 1. The second kappa shape index (κ2) is 5.91. The van der Waals surface area contributed by atoms with E-state index >= 15 is 0 Å². The van der Waals surface area contributed by atoms with E-state index in [1.807, 2.05) is 20.8 Å². The molecule has 0 fully saturated rings. The second-order valence-corrected chi connectivity index (χ2v) is 7.02. The fourth-order valence-electron chi connectivity index (χ4n) is 2.15. The topological polar surface area (TPSA) is 39.4 Å². The Balaban J connectivity index is 2.16. The summed E-state index contributed by atoms with van der Waals surface area (Å²) in [6.45, 7) is 5.75. The maximum Gasteiger partial charge on any atom is 0.433 e. The van der Waals surface area contributed by atoms with E-state index in [0.717, 1.165) is 6.07 Å². The highest BCUT2D eigenvalue weighted by atomic mass is 35.5. The minimum Gasteiger partial charge on any atom is -0.439 e. The number of nitrogens with zero attached hydrogens (tertiary/aromatic N) is 3. The number of halogens is 4. The summed E-state index contributed by atoms with van der Waals surface area (Å²) in [5.41, 5.74) is -0.697. The van der Waals surface area contributed by atoms with Crippen LogP contribution in [0.25, 0.3) is 5.65 Å². The maximum absolute atomic E-state index is 13.2. The Morgan fingerprint density at radius 2 is 1.64 bits per heavy atom. The van der Waals surface area contributed by atoms with E-state index in [0.29, 0.717) is 16.5 Å². The van der Waals surface area contributed by atoms with Gasteiger partial charge in [0.05, 0.1) is 5.69 Å². The molecule has 4 nitrogen and oxygen atoms in total. The smallest absolute Gasteiger partial charge is 0.433 e. The molecule has 0 unspecified atom stereocenters. The van der Waals surface area contributed by atoms with E-state index in [2.05, 4.69) is 10.1 Å². The van der Waals surface area contributed by atoms with Crippen molar-refractivity contribution in [3.05, 3.63) is 52.8 Å². The number of ether oxygens (including phenoxy) is 1. The molecule has 3 rings (SSSR count). The molecule has 3 aromatic rings. The van der Waals surface area contributed by atoms with Gasteiger partial charge in [-0.05, 0) is 24.3 Å². The molecule has 0 amide bonds. The van der Waals surface area contributed by atoms with E-state index in [-0.39, 0.29) is 16.9 Å². The van der Waals surface area contributed by atoms with Gasteiger partial charge in [0.2, 0.25) is 5.88 Å². The Labute approximate surface area is 147 Å². The molecular formula is C17H15ClF3N3O. The van der Waals surface area contributed by atoms with E-state index in [1.54, 1.807) is 24.3 Å². The van der Waals surface area contributed by atoms with Gasteiger partial charge in [-0.1, -0.05) is 32.4 Å². The molecule has 132 valence electrons. The predicted molar refractivity (Wildman–Crippen MR) is 88.2 cm³/mol. The Bertz CT molecular complexity index is 912. The second-order valence-electron chi connectivity index (χ2n) is 6.58. The van der Waals surface area contributed by atoms with Crippen LogP contribution in [0, 0.1) is 0 Å². The van der Waals surface area contributed by atoms with Gasteiger partial charge in [-0.15, -0.1) is 0 Å². The third-order valence-corrected chi connectivity index (χ3v) is 3.74. The third-order valence-electron chi connectivity index (χ3n) is 3.49. The van der Waals surface area contributed by atoms with Gasteiger partial charge in [0.25, 0.3) is 0 Å². The van der Waals surface area contributed by atoms with E-state index < -0.39 is 11.9 Å². The van der Waals surface area contributed by atoms with Crippen LogP contribution in [0.4, 0.5) is 13.2 Å². The van der Waals surface area contributed by atoms with Gasteiger partial charge < -0.3 is 4.74 Å². The molecule has 0 N–H and O–H groups in total. The average Bonchev–Trinajstić information content (AvgIpc) is 2.93. The van der Waals surface area contributed by atoms with Crippen LogP contribution in [0.5, 0.6) is 11.6 Å². The molecule has 2 heterocycles. The Hall–Kier alpha value is -2.28. The minimum absolute atomic E-state index is 0.0729. The molecule has 0 aliphatic rings. The van der Waals surface area contributed by atoms with Gasteiger partial charge in [-0.2, -0.15) is 22.8 Å². The first-order chi connectivity index (χ1) is 11.5. The molecule has 25 heavy (non-hydrogen) atoms. The van der Waals surface area contributed by atoms with Gasteiger partial charge in [-0.25, -0.2) is 4.98 Å². The van der Waals surface area contributed by atoms with Crippen molar-refractivity contribution in [3.63, 3.8) is 0 Å². The van der Waals surface area contributed by atoms with Crippen LogP contribution in [-0.4, -0.2) is 14.6 Å². The van der Waals surface area contributed by atoms with Crippen LogP contribution in [-0.2, 0) is 11.6 Å². The molecule has 8 heteroatoms. The quantitative estimate of drug-likeness (QED) is 0.599. The van der Waals surface area contributed by atoms with Crippen molar-refractivity contribution in [1.82, 2.24) is 14.6 Å². The summed E-state index contributed by atoms with van der Waals surface area (Å²) in [5.74, 6) is 0.271. The molecule has 0 spiro atoms. The molecule has 0 saturated carbocycles. The average molecular weight is 370 g/mol. The van der Waals surface area contributed by atoms with E-state index in [1.165, 1.54) is 10.6 Å². The number of aromatic nitrogens is 3. The summed E-state index contributed by atoms with van der Waals surface area (Å²) in [7, 11) is 0. The van der Waals surface area contributed by atoms with Crippen LogP contribution >= 0.6 is 11.6 Å². The van der Waals surface area contributed by atoms with Crippen molar-refractivity contribution < 1.29 is 17.9 Å². The third kappa shape index (κ3) is 3.71. The number of fused-ring (bicyclic) bond motifs is 1. The van der Waals surface area contributed by atoms with Crippen LogP contribution < -0.4 is 4.74 Å². The zero-order valence-electron chi connectivity index (χ0n) is 13.7. The standard InChI is InChI=1S/C17H15ClF3N3O/c1-16(2,3)12-8-14-22-13(17(19,20)21)9-15(24(14)23-12)25-11-6-4-10(18)5-7-11/h4-9H,1-3H3. The molecule has 0 saturated heterocycles. The molecule has 0 aliphatic heterocycles. The number of hydrogen-bond donors (Lipinski definition) is 0. The number of hydrogen-bond acceptors (Lipinski definition) is 3. The van der Waals surface area contributed by atoms with Crippen LogP contribution in [0.15, 0.2) is 36.4 Å². The first kappa shape index (κ1) is 17.5. The first-order valence-corrected chi connectivity index (χ1v) is 7.84. The van der Waals surface area contributed by atoms with Crippen LogP contribution in [0.1, 0.15) is 32.2 Å². The lowest BCUT2D eigenvalue weighted by atomic mass is 9.93. The highest BCUT2D eigenvalue weighted by Crippen LogP contribution is 2.33. The monoisotopic (exact) mass is 369 g/mol. The van der Waals surface area contributed by atoms with Crippen molar-refractivity contribution in [2.24, 2.45) is 0 Å². The van der Waals surface area contributed by atoms with Crippen molar-refractivity contribution in [1.29, 1.82) is 0 Å². The summed E-state index contributed by atoms with van der Waals surface area (Å²) in [6, 6.07) is 8.67. The fourth-order valence-corrected chi connectivity index (χ4v) is 2.28. The first-order valence-electron chi connectivity index (χ1n) is 7.46. The zero-order valence-corrected chi connectivity index (χ0v) is 14.5. The Morgan fingerprint density at radius 3 is 2.20 bits per heavy atom. The van der Waals surface area contributed by atoms with Gasteiger partial charge in [-0.3, -0.25) is 0 Å². The maximum atomic E-state index is 13.2. The van der Waals surface area contributed by atoms with Gasteiger partial charge >= 0.3 is 6.18 Å². The molecule has 0 aliphatic carbocycles. The molecule has 1 aromatic carbocycles. The Morgan fingerprint density at radius 1 is 1.00 bits per heavy atom. The summed E-state index contributed by atoms with van der Waals surface area (Å²) in [4.78, 5) is 3.67. The Kier molecular flexibility index (Phi) is 4.15. The van der Waals surface area contributed by atoms with Crippen molar-refractivity contribution >= 4 is 17.2 Å². The van der Waals surface area contributed by atoms with Crippen LogP contribution in [0.2, 0.25) is 5.02 Å². The highest BCUT2D eigenvalue weighted by molar-refractivity contribution is 6.30.